The van der Waals surface area contributed by atoms with Gasteiger partial charge >= 0.3 is 0 Å². The van der Waals surface area contributed by atoms with Crippen LogP contribution in [0.5, 0.6) is 0 Å². The molecule has 1 heterocycles. The number of hydrogen-bond donors (Lipinski definition) is 0. The van der Waals surface area contributed by atoms with Crippen molar-refractivity contribution in [1.29, 1.82) is 0 Å². The molecule has 49 heavy (non-hydrogen) atoms. The second kappa shape index (κ2) is 12.6. The van der Waals surface area contributed by atoms with Crippen LogP contribution in [-0.2, 0) is 5.41 Å². The van der Waals surface area contributed by atoms with E-state index in [-0.39, 0.29) is 10.8 Å². The fourth-order valence-corrected chi connectivity index (χ4v) is 8.91. The molecule has 0 radical (unpaired) electrons. The first-order valence-electron chi connectivity index (χ1n) is 17.9. The van der Waals surface area contributed by atoms with E-state index in [0.717, 1.165) is 30.5 Å². The molecule has 8 rings (SSSR count). The molecule has 1 aromatic heterocycles. The molecule has 0 amide bonds. The van der Waals surface area contributed by atoms with Gasteiger partial charge in [0.1, 0.15) is 0 Å². The Labute approximate surface area is 293 Å². The number of hydrogen-bond acceptors (Lipinski definition) is 1. The highest BCUT2D eigenvalue weighted by atomic mass is 14.7. The number of nitrogens with zero attached hydrogens (tertiary/aromatic N) is 1. The maximum Gasteiger partial charge on any atom is 0.0712 e. The second-order valence-corrected chi connectivity index (χ2v) is 15.1. The van der Waals surface area contributed by atoms with Crippen LogP contribution in [0.1, 0.15) is 92.8 Å². The molecule has 3 aliphatic rings. The summed E-state index contributed by atoms with van der Waals surface area (Å²) in [6.07, 6.45) is 10.4. The van der Waals surface area contributed by atoms with Gasteiger partial charge in [-0.3, -0.25) is 0 Å². The summed E-state index contributed by atoms with van der Waals surface area (Å²) in [7, 11) is 0. The number of aromatic nitrogens is 1. The van der Waals surface area contributed by atoms with Gasteiger partial charge in [-0.1, -0.05) is 130 Å². The number of fused-ring (bicyclic) bond motifs is 4. The Balaban J connectivity index is 0.000000186. The van der Waals surface area contributed by atoms with Crippen molar-refractivity contribution in [3.05, 3.63) is 165 Å². The Bertz CT molecular complexity index is 2220. The predicted octanol–water partition coefficient (Wildman–Crippen LogP) is 13.2. The zero-order valence-electron chi connectivity index (χ0n) is 30.5. The number of aryl methyl sites for hydroxylation is 2. The number of allylic oxidation sites excluding steroid dienone is 8. The van der Waals surface area contributed by atoms with Crippen molar-refractivity contribution >= 4 is 27.6 Å². The third-order valence-corrected chi connectivity index (χ3v) is 12.0. The van der Waals surface area contributed by atoms with Crippen LogP contribution in [0.15, 0.2) is 126 Å². The van der Waals surface area contributed by atoms with Gasteiger partial charge in [-0.2, -0.15) is 0 Å². The highest BCUT2D eigenvalue weighted by molar-refractivity contribution is 5.94. The van der Waals surface area contributed by atoms with Crippen molar-refractivity contribution in [1.82, 2.24) is 4.98 Å². The Morgan fingerprint density at radius 1 is 0.653 bits per heavy atom. The molecule has 0 N–H and O–H groups in total. The third kappa shape index (κ3) is 5.45. The van der Waals surface area contributed by atoms with Crippen LogP contribution in [0, 0.1) is 26.2 Å². The zero-order chi connectivity index (χ0) is 34.5. The highest BCUT2D eigenvalue weighted by Crippen LogP contribution is 2.62. The smallest absolute Gasteiger partial charge is 0.0712 e. The largest absolute Gasteiger partial charge is 0.248 e. The van der Waals surface area contributed by atoms with Gasteiger partial charge in [-0.15, -0.1) is 0 Å². The molecule has 0 saturated heterocycles. The van der Waals surface area contributed by atoms with E-state index in [1.165, 1.54) is 72.2 Å². The van der Waals surface area contributed by atoms with E-state index in [1.807, 2.05) is 24.3 Å². The number of benzene rings is 4. The average molecular weight is 640 g/mol. The summed E-state index contributed by atoms with van der Waals surface area (Å²) in [6.45, 7) is 18.8. The predicted molar refractivity (Wildman–Crippen MR) is 212 cm³/mol. The molecular formula is C48H49N. The Hall–Kier alpha value is -4.75. The molecule has 3 aliphatic carbocycles. The van der Waals surface area contributed by atoms with Crippen LogP contribution < -0.4 is 0 Å². The first-order valence-corrected chi connectivity index (χ1v) is 17.9. The average Bonchev–Trinajstić information content (AvgIpc) is 3.28. The topological polar surface area (TPSA) is 12.9 Å². The Morgan fingerprint density at radius 3 is 2.12 bits per heavy atom. The van der Waals surface area contributed by atoms with E-state index in [0.29, 0.717) is 0 Å². The normalized spacial score (nSPS) is 19.3. The Kier molecular flexibility index (Phi) is 8.44. The van der Waals surface area contributed by atoms with Crippen molar-refractivity contribution in [2.75, 3.05) is 0 Å². The first-order chi connectivity index (χ1) is 23.5. The minimum Gasteiger partial charge on any atom is -0.248 e. The lowest BCUT2D eigenvalue weighted by Crippen LogP contribution is -2.35. The van der Waals surface area contributed by atoms with Crippen LogP contribution in [0.3, 0.4) is 0 Å². The fourth-order valence-electron chi connectivity index (χ4n) is 8.91. The number of pyridine rings is 1. The summed E-state index contributed by atoms with van der Waals surface area (Å²) in [5.41, 5.74) is 21.1. The molecule has 4 aromatic carbocycles. The van der Waals surface area contributed by atoms with Crippen LogP contribution >= 0.6 is 0 Å². The van der Waals surface area contributed by atoms with Gasteiger partial charge < -0.3 is 0 Å². The van der Waals surface area contributed by atoms with Gasteiger partial charge in [-0.25, -0.2) is 4.98 Å². The molecule has 0 aliphatic heterocycles. The second-order valence-electron chi connectivity index (χ2n) is 15.1. The molecule has 1 nitrogen and oxygen atoms in total. The van der Waals surface area contributed by atoms with Crippen molar-refractivity contribution in [3.8, 4) is 11.3 Å². The van der Waals surface area contributed by atoms with Crippen LogP contribution in [-0.4, -0.2) is 4.98 Å². The summed E-state index contributed by atoms with van der Waals surface area (Å²) >= 11 is 0. The molecule has 1 heteroatoms. The maximum absolute atomic E-state index is 4.71. The van der Waals surface area contributed by atoms with E-state index >= 15 is 0 Å². The first kappa shape index (κ1) is 32.8. The molecule has 0 spiro atoms. The van der Waals surface area contributed by atoms with E-state index < -0.39 is 0 Å². The van der Waals surface area contributed by atoms with Crippen LogP contribution in [0.2, 0.25) is 0 Å². The van der Waals surface area contributed by atoms with Gasteiger partial charge in [0.05, 0.1) is 11.2 Å². The molecule has 0 fully saturated rings. The summed E-state index contributed by atoms with van der Waals surface area (Å²) in [5.74, 6) is 0. The Morgan fingerprint density at radius 2 is 1.35 bits per heavy atom. The molecule has 0 bridgehead atoms. The summed E-state index contributed by atoms with van der Waals surface area (Å²) in [4.78, 5) is 4.71. The van der Waals surface area contributed by atoms with Crippen molar-refractivity contribution in [2.24, 2.45) is 5.41 Å². The molecule has 1 unspecified atom stereocenters. The van der Waals surface area contributed by atoms with Crippen molar-refractivity contribution < 1.29 is 0 Å². The minimum atomic E-state index is 0.118. The van der Waals surface area contributed by atoms with Gasteiger partial charge in [-0.05, 0) is 127 Å². The van der Waals surface area contributed by atoms with Crippen LogP contribution in [0.25, 0.3) is 38.9 Å². The molecule has 1 atom stereocenters. The lowest BCUT2D eigenvalue weighted by atomic mass is 9.62. The van der Waals surface area contributed by atoms with E-state index in [2.05, 4.69) is 146 Å². The standard InChI is InChI=1S/C32H36.C16H13N/c1-20-12-8-9-13-24(20)29-21(2)15-16-25(22(29)3)26-17-18-27-28-14-10-11-19-32(28,7)31(5,6)30(27)23(26)4;1-12-11-16(13-7-3-2-4-8-13)17-15-10-6-5-9-14(12)15/h8-14,17-18H,15-16,19H2,1-7H3;2-11H,1H3. The van der Waals surface area contributed by atoms with Gasteiger partial charge in [0.2, 0.25) is 0 Å². The number of para-hydroxylation sites is 1. The number of rotatable bonds is 3. The van der Waals surface area contributed by atoms with Gasteiger partial charge in [0.15, 0.2) is 0 Å². The summed E-state index contributed by atoms with van der Waals surface area (Å²) in [6, 6.07) is 34.4. The van der Waals surface area contributed by atoms with Gasteiger partial charge in [0.25, 0.3) is 0 Å². The SMILES string of the molecule is CC1=C(c2ccccc2C)C(C)=C(c2ccc3c(c2C)C(C)(C)C2(C)CC=CC=C32)CC1.Cc1cc(-c2ccccc2)nc2ccccc12. The zero-order valence-corrected chi connectivity index (χ0v) is 30.5. The quantitative estimate of drug-likeness (QED) is 0.191. The molecule has 246 valence electrons. The van der Waals surface area contributed by atoms with E-state index in [9.17, 15) is 0 Å². The molecular weight excluding hydrogens is 591 g/mol. The minimum absolute atomic E-state index is 0.118. The van der Waals surface area contributed by atoms with Crippen molar-refractivity contribution in [2.45, 2.75) is 80.1 Å². The highest BCUT2D eigenvalue weighted by Gasteiger charge is 2.52. The lowest BCUT2D eigenvalue weighted by Gasteiger charge is -2.41. The summed E-state index contributed by atoms with van der Waals surface area (Å²) < 4.78 is 0. The fraction of sp³-hybridized carbons (Fsp3) is 0.271. The molecule has 0 saturated carbocycles. The third-order valence-electron chi connectivity index (χ3n) is 12.0. The van der Waals surface area contributed by atoms with Crippen molar-refractivity contribution in [3.63, 3.8) is 0 Å². The monoisotopic (exact) mass is 639 g/mol. The van der Waals surface area contributed by atoms with Gasteiger partial charge in [0, 0.05) is 21.8 Å². The lowest BCUT2D eigenvalue weighted by molar-refractivity contribution is 0.270. The van der Waals surface area contributed by atoms with E-state index in [4.69, 9.17) is 4.98 Å². The molecule has 5 aromatic rings. The maximum atomic E-state index is 4.71. The van der Waals surface area contributed by atoms with E-state index in [1.54, 1.807) is 5.56 Å². The summed E-state index contributed by atoms with van der Waals surface area (Å²) in [5, 5.41) is 1.23. The van der Waals surface area contributed by atoms with Crippen LogP contribution in [0.4, 0.5) is 0 Å².